The van der Waals surface area contributed by atoms with Gasteiger partial charge in [0.05, 0.1) is 0 Å². The maximum atomic E-state index is 8.19. The van der Waals surface area contributed by atoms with Crippen LogP contribution in [0.25, 0.3) is 0 Å². The maximum absolute atomic E-state index is 8.19. The van der Waals surface area contributed by atoms with Gasteiger partial charge in [-0.25, -0.2) is 0 Å². The van der Waals surface area contributed by atoms with Gasteiger partial charge in [0, 0.05) is 0 Å². The van der Waals surface area contributed by atoms with E-state index in [-0.39, 0.29) is 37.7 Å². The molecular formula is H2Li2OV. The molecule has 0 spiro atoms. The zero-order chi connectivity index (χ0) is 2.00. The van der Waals surface area contributed by atoms with E-state index in [9.17, 15) is 0 Å². The van der Waals surface area contributed by atoms with E-state index in [1.807, 2.05) is 0 Å². The van der Waals surface area contributed by atoms with E-state index in [0.717, 1.165) is 17.4 Å². The van der Waals surface area contributed by atoms with Crippen LogP contribution in [0.1, 0.15) is 0 Å². The first kappa shape index (κ1) is 17.6. The molecule has 1 nitrogen and oxygen atoms in total. The monoisotopic (exact) mass is 83.0 g/mol. The van der Waals surface area contributed by atoms with Crippen LogP contribution in [0.3, 0.4) is 0 Å². The summed E-state index contributed by atoms with van der Waals surface area (Å²) in [5.74, 6) is 0. The molecule has 0 radical (unpaired) electrons. The Morgan fingerprint density at radius 1 is 1.00 bits per heavy atom. The third-order valence-electron chi connectivity index (χ3n) is 0. The molecule has 0 aliphatic rings. The van der Waals surface area contributed by atoms with Gasteiger partial charge in [0.2, 0.25) is 0 Å². The van der Waals surface area contributed by atoms with Crippen LogP contribution in [0.15, 0.2) is 0 Å². The van der Waals surface area contributed by atoms with Crippen molar-refractivity contribution >= 4 is 37.7 Å². The number of hydrogen-bond acceptors (Lipinski definition) is 1. The Hall–Kier alpha value is 1.58. The molecule has 0 aromatic heterocycles. The molecule has 0 atom stereocenters. The van der Waals surface area contributed by atoms with Gasteiger partial charge in [-0.3, -0.25) is 0 Å². The summed E-state index contributed by atoms with van der Waals surface area (Å²) in [6.45, 7) is 0. The van der Waals surface area contributed by atoms with Gasteiger partial charge in [-0.15, -0.1) is 0 Å². The van der Waals surface area contributed by atoms with Crippen molar-refractivity contribution in [1.29, 1.82) is 0 Å². The molecular weight excluding hydrogens is 80.8 g/mol. The zero-order valence-electron chi connectivity index (χ0n) is 0.855. The quantitative estimate of drug-likeness (QED) is 0.328. The van der Waals surface area contributed by atoms with Crippen molar-refractivity contribution < 1.29 is 21.0 Å². The van der Waals surface area contributed by atoms with E-state index in [0.29, 0.717) is 0 Å². The molecule has 0 bridgehead atoms. The van der Waals surface area contributed by atoms with Gasteiger partial charge >= 0.3 is 58.8 Å². The molecule has 0 amide bonds. The summed E-state index contributed by atoms with van der Waals surface area (Å²) in [7, 11) is 0. The molecule has 15 valence electrons. The molecule has 0 N–H and O–H groups in total. The summed E-state index contributed by atoms with van der Waals surface area (Å²) in [6, 6.07) is 0. The summed E-state index contributed by atoms with van der Waals surface area (Å²) in [6.07, 6.45) is 0. The Kier molecular flexibility index (Phi) is 103. The van der Waals surface area contributed by atoms with Crippen LogP contribution in [-0.2, 0) is 21.0 Å². The topological polar surface area (TPSA) is 17.1 Å². The van der Waals surface area contributed by atoms with E-state index in [2.05, 4.69) is 0 Å². The van der Waals surface area contributed by atoms with E-state index in [1.165, 1.54) is 0 Å². The summed E-state index contributed by atoms with van der Waals surface area (Å²) in [4.78, 5) is 0. The SMILES string of the molecule is [LiH].[LiH].[O]=[V]. The van der Waals surface area contributed by atoms with Gasteiger partial charge in [-0.2, -0.15) is 0 Å². The average Bonchev–Trinajstić information content (AvgIpc) is 1.00. The Morgan fingerprint density at radius 3 is 1.00 bits per heavy atom. The van der Waals surface area contributed by atoms with Crippen molar-refractivity contribution in [2.75, 3.05) is 0 Å². The number of rotatable bonds is 0. The second-order valence-electron chi connectivity index (χ2n) is 0. The first-order chi connectivity index (χ1) is 1.00. The van der Waals surface area contributed by atoms with E-state index in [1.54, 1.807) is 0 Å². The third kappa shape index (κ3) is 9.55. The van der Waals surface area contributed by atoms with Crippen LogP contribution in [0.4, 0.5) is 0 Å². The van der Waals surface area contributed by atoms with Crippen molar-refractivity contribution in [3.63, 3.8) is 0 Å². The fraction of sp³-hybridized carbons (Fsp3) is 0. The summed E-state index contributed by atoms with van der Waals surface area (Å²) >= 11 is 1.06. The minimum atomic E-state index is 0. The second kappa shape index (κ2) is 23.5. The molecule has 4 heteroatoms. The Labute approximate surface area is 58.5 Å². The first-order valence-corrected chi connectivity index (χ1v) is 0.753. The normalized spacial score (nSPS) is 0.750. The van der Waals surface area contributed by atoms with Crippen molar-refractivity contribution in [2.45, 2.75) is 0 Å². The summed E-state index contributed by atoms with van der Waals surface area (Å²) in [5.41, 5.74) is 0. The van der Waals surface area contributed by atoms with Gasteiger partial charge in [-0.1, -0.05) is 0 Å². The van der Waals surface area contributed by atoms with Crippen LogP contribution in [0.5, 0.6) is 0 Å². The molecule has 0 heterocycles. The van der Waals surface area contributed by atoms with Gasteiger partial charge in [0.15, 0.2) is 0 Å². The van der Waals surface area contributed by atoms with Crippen LogP contribution in [0, 0.1) is 0 Å². The average molecular weight is 82.8 g/mol. The zero-order valence-corrected chi connectivity index (χ0v) is 2.25. The van der Waals surface area contributed by atoms with E-state index < -0.39 is 0 Å². The summed E-state index contributed by atoms with van der Waals surface area (Å²) < 4.78 is 8.19. The standard InChI is InChI=1S/2Li.O.V.2H. The Balaban J connectivity index is -0.00000000500. The fourth-order valence-electron chi connectivity index (χ4n) is 0. The second-order valence-corrected chi connectivity index (χ2v) is 0. The van der Waals surface area contributed by atoms with Crippen LogP contribution >= 0.6 is 0 Å². The predicted molar refractivity (Wildman–Crippen MR) is 15.0 cm³/mol. The van der Waals surface area contributed by atoms with E-state index >= 15 is 0 Å². The van der Waals surface area contributed by atoms with E-state index in [4.69, 9.17) is 3.67 Å². The fourth-order valence-corrected chi connectivity index (χ4v) is 0. The molecule has 0 rings (SSSR count). The van der Waals surface area contributed by atoms with Gasteiger partial charge in [0.1, 0.15) is 0 Å². The third-order valence-corrected chi connectivity index (χ3v) is 0. The summed E-state index contributed by atoms with van der Waals surface area (Å²) in [5, 5.41) is 0. The van der Waals surface area contributed by atoms with Gasteiger partial charge < -0.3 is 0 Å². The van der Waals surface area contributed by atoms with Crippen molar-refractivity contribution in [1.82, 2.24) is 0 Å². The molecule has 0 unspecified atom stereocenters. The minimum absolute atomic E-state index is 0. The predicted octanol–water partition coefficient (Wildman–Crippen LogP) is -1.42. The van der Waals surface area contributed by atoms with Crippen LogP contribution in [0.2, 0.25) is 0 Å². The van der Waals surface area contributed by atoms with Crippen LogP contribution in [-0.4, -0.2) is 37.7 Å². The molecule has 0 aromatic carbocycles. The van der Waals surface area contributed by atoms with Crippen molar-refractivity contribution in [3.05, 3.63) is 0 Å². The molecule has 0 aliphatic heterocycles. The van der Waals surface area contributed by atoms with Gasteiger partial charge in [-0.05, 0) is 0 Å². The molecule has 0 aromatic rings. The molecule has 0 aliphatic carbocycles. The van der Waals surface area contributed by atoms with Crippen LogP contribution < -0.4 is 0 Å². The molecule has 4 heavy (non-hydrogen) atoms. The van der Waals surface area contributed by atoms with Crippen molar-refractivity contribution in [3.8, 4) is 0 Å². The Morgan fingerprint density at radius 2 is 1.00 bits per heavy atom. The molecule has 0 saturated heterocycles. The Bertz CT molecular complexity index is 6.00. The molecule has 0 saturated carbocycles. The van der Waals surface area contributed by atoms with Crippen molar-refractivity contribution in [2.24, 2.45) is 0 Å². The molecule has 0 fully saturated rings. The van der Waals surface area contributed by atoms with Gasteiger partial charge in [0.25, 0.3) is 0 Å². The first-order valence-electron chi connectivity index (χ1n) is 0.183. The number of hydrogen-bond donors (Lipinski definition) is 0.